The van der Waals surface area contributed by atoms with E-state index < -0.39 is 0 Å². The summed E-state index contributed by atoms with van der Waals surface area (Å²) in [6, 6.07) is 21.9. The normalized spacial score (nSPS) is 15.3. The van der Waals surface area contributed by atoms with Crippen molar-refractivity contribution < 1.29 is 4.42 Å². The van der Waals surface area contributed by atoms with Crippen molar-refractivity contribution in [3.05, 3.63) is 78.0 Å². The Morgan fingerprint density at radius 2 is 1.68 bits per heavy atom. The van der Waals surface area contributed by atoms with E-state index >= 15 is 0 Å². The van der Waals surface area contributed by atoms with Crippen LogP contribution in [0.4, 0.5) is 0 Å². The Hall–Kier alpha value is -3.13. The molecule has 1 aliphatic rings. The molecule has 2 heteroatoms. The van der Waals surface area contributed by atoms with E-state index in [0.29, 0.717) is 0 Å². The van der Waals surface area contributed by atoms with E-state index in [0.717, 1.165) is 28.3 Å². The number of rotatable bonds is 3. The summed E-state index contributed by atoms with van der Waals surface area (Å²) in [6.07, 6.45) is 10.1. The van der Waals surface area contributed by atoms with E-state index in [9.17, 15) is 0 Å². The van der Waals surface area contributed by atoms with Crippen LogP contribution < -0.4 is 0 Å². The summed E-state index contributed by atoms with van der Waals surface area (Å²) in [4.78, 5) is 4.68. The first kappa shape index (κ1) is 18.6. The summed E-state index contributed by atoms with van der Waals surface area (Å²) < 4.78 is 6.41. The Balaban J connectivity index is 1.41. The third kappa shape index (κ3) is 3.40. The quantitative estimate of drug-likeness (QED) is 0.302. The second-order valence-corrected chi connectivity index (χ2v) is 9.24. The zero-order valence-corrected chi connectivity index (χ0v) is 18.0. The van der Waals surface area contributed by atoms with Gasteiger partial charge in [0.2, 0.25) is 0 Å². The van der Waals surface area contributed by atoms with Crippen LogP contribution in [0.25, 0.3) is 44.0 Å². The molecule has 1 saturated carbocycles. The predicted molar refractivity (Wildman–Crippen MR) is 129 cm³/mol. The first-order valence-corrected chi connectivity index (χ1v) is 11.6. The van der Waals surface area contributed by atoms with Crippen LogP contribution in [0.1, 0.15) is 43.2 Å². The predicted octanol–water partition coefficient (Wildman–Crippen LogP) is 8.23. The average molecular weight is 406 g/mol. The molecule has 3 aromatic carbocycles. The van der Waals surface area contributed by atoms with Crippen molar-refractivity contribution >= 4 is 32.7 Å². The third-order valence-electron chi connectivity index (χ3n) is 6.98. The number of benzene rings is 3. The van der Waals surface area contributed by atoms with Crippen molar-refractivity contribution in [2.45, 2.75) is 45.4 Å². The molecule has 2 heterocycles. The molecule has 0 radical (unpaired) electrons. The van der Waals surface area contributed by atoms with Gasteiger partial charge >= 0.3 is 0 Å². The molecule has 0 aliphatic heterocycles. The maximum absolute atomic E-state index is 6.41. The molecule has 0 N–H and O–H groups in total. The fourth-order valence-electron chi connectivity index (χ4n) is 5.31. The van der Waals surface area contributed by atoms with Crippen LogP contribution in [0.3, 0.4) is 0 Å². The lowest BCUT2D eigenvalue weighted by atomic mass is 9.85. The van der Waals surface area contributed by atoms with Crippen molar-refractivity contribution in [3.8, 4) is 11.3 Å². The van der Waals surface area contributed by atoms with Crippen LogP contribution in [-0.2, 0) is 6.42 Å². The Bertz CT molecular complexity index is 1410. The monoisotopic (exact) mass is 405 g/mol. The molecule has 0 amide bonds. The van der Waals surface area contributed by atoms with E-state index in [1.807, 2.05) is 6.20 Å². The van der Waals surface area contributed by atoms with E-state index in [-0.39, 0.29) is 0 Å². The van der Waals surface area contributed by atoms with Gasteiger partial charge in [0.1, 0.15) is 11.2 Å². The van der Waals surface area contributed by atoms with Crippen LogP contribution in [0.2, 0.25) is 0 Å². The van der Waals surface area contributed by atoms with Gasteiger partial charge in [-0.3, -0.25) is 4.98 Å². The minimum Gasteiger partial charge on any atom is -0.455 e. The molecule has 1 fully saturated rings. The molecule has 0 unspecified atom stereocenters. The summed E-state index contributed by atoms with van der Waals surface area (Å²) in [5, 5.41) is 4.75. The van der Waals surface area contributed by atoms with Crippen LogP contribution >= 0.6 is 0 Å². The van der Waals surface area contributed by atoms with Gasteiger partial charge in [-0.05, 0) is 66.6 Å². The van der Waals surface area contributed by atoms with Crippen molar-refractivity contribution in [3.63, 3.8) is 0 Å². The topological polar surface area (TPSA) is 26.0 Å². The summed E-state index contributed by atoms with van der Waals surface area (Å²) >= 11 is 0. The molecule has 1 aliphatic carbocycles. The number of furan rings is 1. The molecule has 0 atom stereocenters. The number of nitrogens with zero attached hydrogens (tertiary/aromatic N) is 1. The molecular formula is C29H27NO. The zero-order chi connectivity index (χ0) is 20.8. The van der Waals surface area contributed by atoms with Crippen LogP contribution in [0.15, 0.2) is 71.3 Å². The van der Waals surface area contributed by atoms with E-state index in [1.165, 1.54) is 71.2 Å². The first-order valence-electron chi connectivity index (χ1n) is 11.6. The van der Waals surface area contributed by atoms with Gasteiger partial charge < -0.3 is 4.42 Å². The van der Waals surface area contributed by atoms with Gasteiger partial charge in [0, 0.05) is 27.9 Å². The Kier molecular flexibility index (Phi) is 4.52. The number of hydrogen-bond acceptors (Lipinski definition) is 2. The molecule has 0 spiro atoms. The maximum atomic E-state index is 6.41. The highest BCUT2D eigenvalue weighted by molar-refractivity contribution is 6.15. The van der Waals surface area contributed by atoms with Crippen LogP contribution in [-0.4, -0.2) is 4.98 Å². The summed E-state index contributed by atoms with van der Waals surface area (Å²) in [5.41, 5.74) is 6.73. The Morgan fingerprint density at radius 3 is 2.58 bits per heavy atom. The minimum absolute atomic E-state index is 0.832. The van der Waals surface area contributed by atoms with Gasteiger partial charge in [0.05, 0.1) is 5.69 Å². The van der Waals surface area contributed by atoms with Gasteiger partial charge in [-0.2, -0.15) is 0 Å². The van der Waals surface area contributed by atoms with E-state index in [1.54, 1.807) is 0 Å². The number of aryl methyl sites for hydroxylation is 1. The molecule has 0 saturated heterocycles. The molecule has 31 heavy (non-hydrogen) atoms. The lowest BCUT2D eigenvalue weighted by molar-refractivity contribution is 0.356. The van der Waals surface area contributed by atoms with Gasteiger partial charge in [0.15, 0.2) is 0 Å². The standard InChI is InChI=1S/C29H27NO/c1-19-7-8-22-9-12-25-24-11-10-23(18-28(24)31-29(25)26(22)15-19)27-17-21(13-14-30-27)16-20-5-3-2-4-6-20/h7-15,17-18,20H,2-6,16H2,1H3. The summed E-state index contributed by atoms with van der Waals surface area (Å²) in [7, 11) is 0. The molecule has 2 aromatic heterocycles. The van der Waals surface area contributed by atoms with Gasteiger partial charge in [-0.1, -0.05) is 61.9 Å². The zero-order valence-electron chi connectivity index (χ0n) is 18.0. The maximum Gasteiger partial charge on any atom is 0.143 e. The number of hydrogen-bond donors (Lipinski definition) is 0. The summed E-state index contributed by atoms with van der Waals surface area (Å²) in [5.74, 6) is 0.832. The Labute approximate surface area is 182 Å². The lowest BCUT2D eigenvalue weighted by Gasteiger charge is -2.21. The highest BCUT2D eigenvalue weighted by Crippen LogP contribution is 2.36. The highest BCUT2D eigenvalue weighted by atomic mass is 16.3. The smallest absolute Gasteiger partial charge is 0.143 e. The fraction of sp³-hybridized carbons (Fsp3) is 0.276. The van der Waals surface area contributed by atoms with Gasteiger partial charge in [-0.25, -0.2) is 0 Å². The first-order chi connectivity index (χ1) is 15.2. The van der Waals surface area contributed by atoms with Crippen molar-refractivity contribution in [1.29, 1.82) is 0 Å². The Morgan fingerprint density at radius 1 is 0.839 bits per heavy atom. The summed E-state index contributed by atoms with van der Waals surface area (Å²) in [6.45, 7) is 2.13. The largest absolute Gasteiger partial charge is 0.455 e. The molecule has 5 aromatic rings. The second kappa shape index (κ2) is 7.53. The SMILES string of the molecule is Cc1ccc2ccc3c4ccc(-c5cc(CC6CCCCC6)ccn5)cc4oc3c2c1. The van der Waals surface area contributed by atoms with Crippen molar-refractivity contribution in [2.24, 2.45) is 5.92 Å². The lowest BCUT2D eigenvalue weighted by Crippen LogP contribution is -2.09. The molecule has 2 nitrogen and oxygen atoms in total. The fourth-order valence-corrected chi connectivity index (χ4v) is 5.31. The van der Waals surface area contributed by atoms with E-state index in [2.05, 4.69) is 72.6 Å². The molecule has 6 rings (SSSR count). The second-order valence-electron chi connectivity index (χ2n) is 9.24. The molecular weight excluding hydrogens is 378 g/mol. The van der Waals surface area contributed by atoms with Gasteiger partial charge in [0.25, 0.3) is 0 Å². The van der Waals surface area contributed by atoms with Gasteiger partial charge in [-0.15, -0.1) is 0 Å². The number of aromatic nitrogens is 1. The average Bonchev–Trinajstić information content (AvgIpc) is 3.18. The minimum atomic E-state index is 0.832. The van der Waals surface area contributed by atoms with E-state index in [4.69, 9.17) is 4.42 Å². The number of fused-ring (bicyclic) bond motifs is 5. The van der Waals surface area contributed by atoms with Crippen LogP contribution in [0, 0.1) is 12.8 Å². The number of pyridine rings is 1. The highest BCUT2D eigenvalue weighted by Gasteiger charge is 2.15. The molecule has 0 bridgehead atoms. The third-order valence-corrected chi connectivity index (χ3v) is 6.98. The van der Waals surface area contributed by atoms with Crippen LogP contribution in [0.5, 0.6) is 0 Å². The van der Waals surface area contributed by atoms with Crippen molar-refractivity contribution in [1.82, 2.24) is 4.98 Å². The molecule has 154 valence electrons. The van der Waals surface area contributed by atoms with Crippen molar-refractivity contribution in [2.75, 3.05) is 0 Å².